The zero-order valence-electron chi connectivity index (χ0n) is 20.8. The van der Waals surface area contributed by atoms with Crippen molar-refractivity contribution in [3.05, 3.63) is 0 Å². The first kappa shape index (κ1) is 23.6. The molecule has 3 N–H and O–H groups in total. The van der Waals surface area contributed by atoms with Crippen LogP contribution in [-0.2, 0) is 23.6 Å². The van der Waals surface area contributed by atoms with E-state index in [2.05, 4.69) is 26.1 Å². The Labute approximate surface area is 197 Å². The quantitative estimate of drug-likeness (QED) is 0.457. The number of esters is 1. The fraction of sp³-hybridized carbons (Fsp3) is 0.917. The van der Waals surface area contributed by atoms with Gasteiger partial charge in [0.15, 0.2) is 0 Å². The lowest BCUT2D eigenvalue weighted by Crippen LogP contribution is -2.65. The molecule has 6 fully saturated rings. The summed E-state index contributed by atoms with van der Waals surface area (Å²) in [5, 5.41) is 3.43. The van der Waals surface area contributed by atoms with Gasteiger partial charge in [-0.3, -0.25) is 14.9 Å². The van der Waals surface area contributed by atoms with Crippen molar-refractivity contribution in [3.8, 4) is 0 Å². The van der Waals surface area contributed by atoms with Crippen LogP contribution >= 0.6 is 0 Å². The highest BCUT2D eigenvalue weighted by Crippen LogP contribution is 2.65. The predicted molar refractivity (Wildman–Crippen MR) is 124 cm³/mol. The summed E-state index contributed by atoms with van der Waals surface area (Å²) in [4.78, 5) is 27.5. The van der Waals surface area contributed by atoms with Crippen LogP contribution in [0, 0.1) is 23.2 Å². The number of hydrogen-bond donors (Lipinski definition) is 2. The predicted octanol–water partition coefficient (Wildman–Crippen LogP) is 1.57. The summed E-state index contributed by atoms with van der Waals surface area (Å²) < 4.78 is 18.2. The summed E-state index contributed by atoms with van der Waals surface area (Å²) in [6, 6.07) is -0.591. The van der Waals surface area contributed by atoms with Gasteiger partial charge in [-0.1, -0.05) is 20.3 Å². The number of carbonyl (C=O) groups is 2. The normalized spacial score (nSPS) is 43.6. The van der Waals surface area contributed by atoms with Crippen molar-refractivity contribution in [1.29, 1.82) is 0 Å². The number of likely N-dealkylation sites (tertiary alicyclic amines) is 1. The monoisotopic (exact) mass is 461 g/mol. The highest BCUT2D eigenvalue weighted by atomic mass is 16.7. The molecular formula is C24H40BN3O5. The van der Waals surface area contributed by atoms with E-state index in [1.165, 1.54) is 13.5 Å². The number of rotatable bonds is 6. The average molecular weight is 461 g/mol. The molecule has 9 heteroatoms. The van der Waals surface area contributed by atoms with Crippen LogP contribution in [0.1, 0.15) is 59.8 Å². The number of nitrogens with one attached hydrogen (secondary N) is 1. The van der Waals surface area contributed by atoms with E-state index in [1.54, 1.807) is 6.92 Å². The van der Waals surface area contributed by atoms with Crippen molar-refractivity contribution < 1.29 is 23.6 Å². The van der Waals surface area contributed by atoms with Gasteiger partial charge in [0.2, 0.25) is 5.91 Å². The highest BCUT2D eigenvalue weighted by molar-refractivity contribution is 6.45. The summed E-state index contributed by atoms with van der Waals surface area (Å²) in [6.45, 7) is 9.83. The second kappa shape index (κ2) is 7.93. The van der Waals surface area contributed by atoms with Crippen molar-refractivity contribution in [2.75, 3.05) is 20.2 Å². The number of amides is 1. The number of methoxy groups -OCH3 is 1. The van der Waals surface area contributed by atoms with Crippen LogP contribution in [0.15, 0.2) is 0 Å². The molecule has 3 aliphatic carbocycles. The summed E-state index contributed by atoms with van der Waals surface area (Å²) in [5.74, 6) is 1.01. The lowest BCUT2D eigenvalue weighted by molar-refractivity contribution is -0.199. The maximum absolute atomic E-state index is 12.8. The molecule has 0 aromatic heterocycles. The first-order valence-corrected chi connectivity index (χ1v) is 12.8. The van der Waals surface area contributed by atoms with E-state index in [0.717, 1.165) is 31.5 Å². The number of carbonyl (C=O) groups excluding carboxylic acids is 2. The van der Waals surface area contributed by atoms with Crippen molar-refractivity contribution in [2.45, 2.75) is 95.4 Å². The van der Waals surface area contributed by atoms with Gasteiger partial charge in [0, 0.05) is 25.0 Å². The molecule has 0 aromatic carbocycles. The molecule has 2 unspecified atom stereocenters. The van der Waals surface area contributed by atoms with Gasteiger partial charge in [-0.2, -0.15) is 0 Å². The fourth-order valence-electron chi connectivity index (χ4n) is 8.01. The van der Waals surface area contributed by atoms with Gasteiger partial charge in [0.05, 0.1) is 24.9 Å². The molecule has 3 saturated carbocycles. The summed E-state index contributed by atoms with van der Waals surface area (Å²) in [6.07, 6.45) is 5.54. The Morgan fingerprint density at radius 2 is 2.06 bits per heavy atom. The molecule has 0 radical (unpaired) electrons. The Bertz CT molecular complexity index is 824. The first-order valence-electron chi connectivity index (χ1n) is 12.8. The van der Waals surface area contributed by atoms with Gasteiger partial charge in [-0.15, -0.1) is 0 Å². The average Bonchev–Trinajstić information content (AvgIpc) is 3.23. The molecule has 6 rings (SSSR count). The summed E-state index contributed by atoms with van der Waals surface area (Å²) in [5.41, 5.74) is 5.33. The molecule has 8 atom stereocenters. The number of piperidine rings is 1. The number of hydrogen-bond acceptors (Lipinski definition) is 7. The molecule has 33 heavy (non-hydrogen) atoms. The van der Waals surface area contributed by atoms with E-state index >= 15 is 0 Å². The summed E-state index contributed by atoms with van der Waals surface area (Å²) >= 11 is 0. The summed E-state index contributed by atoms with van der Waals surface area (Å²) in [7, 11) is 1.25. The zero-order valence-corrected chi connectivity index (χ0v) is 20.8. The fourth-order valence-corrected chi connectivity index (χ4v) is 8.01. The number of ether oxygens (including phenoxy) is 1. The van der Waals surface area contributed by atoms with Crippen molar-refractivity contribution >= 4 is 19.0 Å². The molecule has 8 nitrogen and oxygen atoms in total. The number of fused-ring (bicyclic) bond motifs is 2. The highest BCUT2D eigenvalue weighted by Gasteiger charge is 2.67. The van der Waals surface area contributed by atoms with Gasteiger partial charge in [-0.05, 0) is 63.1 Å². The molecule has 3 aliphatic heterocycles. The zero-order chi connectivity index (χ0) is 23.8. The molecular weight excluding hydrogens is 421 g/mol. The van der Waals surface area contributed by atoms with Crippen LogP contribution < -0.4 is 11.1 Å². The van der Waals surface area contributed by atoms with E-state index in [1.807, 2.05) is 4.90 Å². The third kappa shape index (κ3) is 3.33. The minimum Gasteiger partial charge on any atom is -0.468 e. The Morgan fingerprint density at radius 3 is 2.73 bits per heavy atom. The molecule has 4 bridgehead atoms. The van der Waals surface area contributed by atoms with Crippen molar-refractivity contribution in [3.63, 3.8) is 0 Å². The van der Waals surface area contributed by atoms with E-state index in [0.29, 0.717) is 30.8 Å². The van der Waals surface area contributed by atoms with Crippen molar-refractivity contribution in [2.24, 2.45) is 28.9 Å². The third-order valence-corrected chi connectivity index (χ3v) is 10.1. The second-order valence-electron chi connectivity index (χ2n) is 11.9. The van der Waals surface area contributed by atoms with Crippen LogP contribution in [0.2, 0.25) is 6.32 Å². The standard InChI is InChI=1S/C24H40BN3O5/c1-14(26)20(29)28-10-8-24(21(30)31-5)16(17(28)13-27-24)7-6-9-25-32-19-12-15-11-18(22(15,2)3)23(19,4)33-25/h14-19,27H,6-13,26H2,1-5H3/t14-,15-,16?,17?,18-,19+,23-,24+/m0/s1. The Kier molecular flexibility index (Phi) is 5.67. The van der Waals surface area contributed by atoms with Gasteiger partial charge >= 0.3 is 13.1 Å². The third-order valence-electron chi connectivity index (χ3n) is 10.1. The Hall–Kier alpha value is -1.16. The molecule has 0 spiro atoms. The molecule has 184 valence electrons. The minimum absolute atomic E-state index is 0.00702. The Balaban J connectivity index is 1.25. The van der Waals surface area contributed by atoms with Crippen LogP contribution in [-0.4, -0.2) is 73.4 Å². The van der Waals surface area contributed by atoms with E-state index in [-0.39, 0.29) is 42.7 Å². The van der Waals surface area contributed by atoms with Crippen LogP contribution in [0.4, 0.5) is 0 Å². The second-order valence-corrected chi connectivity index (χ2v) is 11.9. The topological polar surface area (TPSA) is 103 Å². The number of nitrogens with two attached hydrogens (primary N) is 1. The van der Waals surface area contributed by atoms with Crippen LogP contribution in [0.3, 0.4) is 0 Å². The molecule has 0 aromatic rings. The lowest BCUT2D eigenvalue weighted by Gasteiger charge is -2.64. The first-order chi connectivity index (χ1) is 15.5. The van der Waals surface area contributed by atoms with Gasteiger partial charge in [-0.25, -0.2) is 0 Å². The Morgan fingerprint density at radius 1 is 1.30 bits per heavy atom. The molecule has 3 heterocycles. The molecule has 6 aliphatic rings. The van der Waals surface area contributed by atoms with E-state index in [4.69, 9.17) is 19.8 Å². The van der Waals surface area contributed by atoms with Crippen LogP contribution in [0.25, 0.3) is 0 Å². The smallest absolute Gasteiger partial charge is 0.457 e. The van der Waals surface area contributed by atoms with Crippen molar-refractivity contribution in [1.82, 2.24) is 10.2 Å². The number of nitrogens with zero attached hydrogens (tertiary/aromatic N) is 1. The van der Waals surface area contributed by atoms with E-state index in [9.17, 15) is 9.59 Å². The van der Waals surface area contributed by atoms with Gasteiger partial charge < -0.3 is 24.7 Å². The van der Waals surface area contributed by atoms with Crippen LogP contribution in [0.5, 0.6) is 0 Å². The van der Waals surface area contributed by atoms with E-state index < -0.39 is 11.6 Å². The molecule has 3 saturated heterocycles. The minimum atomic E-state index is -0.726. The van der Waals surface area contributed by atoms with Gasteiger partial charge in [0.25, 0.3) is 0 Å². The maximum atomic E-state index is 12.8. The largest absolute Gasteiger partial charge is 0.468 e. The lowest BCUT2D eigenvalue weighted by atomic mass is 9.43. The SMILES string of the molecule is COC(=O)[C@]12CCN(C(=O)[C@H](C)N)C(CN1)C2CCCB1O[C@@H]2C[C@@H]3C[C@@H](C3(C)C)[C@]2(C)O1. The van der Waals surface area contributed by atoms with Gasteiger partial charge in [0.1, 0.15) is 5.54 Å². The molecule has 1 amide bonds. The maximum Gasteiger partial charge on any atom is 0.457 e.